The van der Waals surface area contributed by atoms with E-state index in [0.717, 1.165) is 10.6 Å². The molecule has 1 N–H and O–H groups in total. The second kappa shape index (κ2) is 4.18. The van der Waals surface area contributed by atoms with Gasteiger partial charge in [0.05, 0.1) is 10.4 Å². The summed E-state index contributed by atoms with van der Waals surface area (Å²) in [6.07, 6.45) is 0.478. The highest BCUT2D eigenvalue weighted by atomic mass is 32.2. The first-order valence-corrected chi connectivity index (χ1v) is 6.43. The molecule has 17 heavy (non-hydrogen) atoms. The molecule has 1 aliphatic rings. The zero-order valence-corrected chi connectivity index (χ0v) is 11.0. The summed E-state index contributed by atoms with van der Waals surface area (Å²) >= 11 is 1.53. The van der Waals surface area contributed by atoms with Crippen molar-refractivity contribution in [1.82, 2.24) is 0 Å². The molecule has 4 heteroatoms. The van der Waals surface area contributed by atoms with Gasteiger partial charge in [0.25, 0.3) is 0 Å². The zero-order valence-electron chi connectivity index (χ0n) is 10.2. The van der Waals surface area contributed by atoms with Gasteiger partial charge >= 0.3 is 0 Å². The molecule has 0 atom stereocenters. The van der Waals surface area contributed by atoms with Crippen LogP contribution in [0.25, 0.3) is 0 Å². The molecule has 0 fully saturated rings. The van der Waals surface area contributed by atoms with Crippen molar-refractivity contribution >= 4 is 29.1 Å². The molecule has 0 unspecified atom stereocenters. The second-order valence-electron chi connectivity index (χ2n) is 4.55. The fourth-order valence-corrected chi connectivity index (χ4v) is 2.74. The summed E-state index contributed by atoms with van der Waals surface area (Å²) < 4.78 is -0.455. The number of benzene rings is 1. The van der Waals surface area contributed by atoms with Crippen LogP contribution in [0.5, 0.6) is 0 Å². The van der Waals surface area contributed by atoms with Crippen LogP contribution in [0, 0.1) is 0 Å². The molecular weight excluding hydrogens is 234 g/mol. The second-order valence-corrected chi connectivity index (χ2v) is 6.22. The van der Waals surface area contributed by atoms with E-state index < -0.39 is 4.75 Å². The normalized spacial score (nSPS) is 17.2. The summed E-state index contributed by atoms with van der Waals surface area (Å²) in [4.78, 5) is 24.4. The number of carbonyl (C=O) groups is 2. The quantitative estimate of drug-likeness (QED) is 0.819. The SMILES string of the molecule is CCC(=O)c1ccc2c(c1)NC(=O)C(C)(C)S2. The van der Waals surface area contributed by atoms with E-state index >= 15 is 0 Å². The maximum absolute atomic E-state index is 11.8. The molecule has 0 radical (unpaired) electrons. The molecule has 0 aromatic heterocycles. The molecule has 3 nitrogen and oxygen atoms in total. The van der Waals surface area contributed by atoms with Crippen molar-refractivity contribution in [2.24, 2.45) is 0 Å². The van der Waals surface area contributed by atoms with E-state index in [1.165, 1.54) is 11.8 Å². The van der Waals surface area contributed by atoms with E-state index in [4.69, 9.17) is 0 Å². The van der Waals surface area contributed by atoms with E-state index in [1.54, 1.807) is 6.07 Å². The third-order valence-electron chi connectivity index (χ3n) is 2.78. The van der Waals surface area contributed by atoms with Gasteiger partial charge in [-0.05, 0) is 26.0 Å². The Hall–Kier alpha value is -1.29. The lowest BCUT2D eigenvalue weighted by Crippen LogP contribution is -2.37. The number of nitrogens with one attached hydrogen (secondary N) is 1. The maximum Gasteiger partial charge on any atom is 0.240 e. The average molecular weight is 249 g/mol. The molecule has 0 spiro atoms. The zero-order chi connectivity index (χ0) is 12.6. The average Bonchev–Trinajstić information content (AvgIpc) is 2.28. The molecule has 2 rings (SSSR count). The number of carbonyl (C=O) groups excluding carboxylic acids is 2. The van der Waals surface area contributed by atoms with Crippen LogP contribution in [-0.4, -0.2) is 16.4 Å². The monoisotopic (exact) mass is 249 g/mol. The first-order valence-electron chi connectivity index (χ1n) is 5.62. The molecule has 0 saturated carbocycles. The van der Waals surface area contributed by atoms with Gasteiger partial charge in [0.2, 0.25) is 5.91 Å². The molecule has 1 amide bonds. The van der Waals surface area contributed by atoms with Crippen molar-refractivity contribution < 1.29 is 9.59 Å². The standard InChI is InChI=1S/C13H15NO2S/c1-4-10(15)8-5-6-11-9(7-8)14-12(16)13(2,3)17-11/h5-7H,4H2,1-3H3,(H,14,16). The molecule has 90 valence electrons. The van der Waals surface area contributed by atoms with Gasteiger partial charge < -0.3 is 5.32 Å². The number of fused-ring (bicyclic) bond motifs is 1. The van der Waals surface area contributed by atoms with Gasteiger partial charge in [-0.15, -0.1) is 11.8 Å². The van der Waals surface area contributed by atoms with Gasteiger partial charge in [-0.2, -0.15) is 0 Å². The molecule has 0 bridgehead atoms. The smallest absolute Gasteiger partial charge is 0.240 e. The Kier molecular flexibility index (Phi) is 3.00. The molecule has 1 aromatic carbocycles. The van der Waals surface area contributed by atoms with E-state index in [9.17, 15) is 9.59 Å². The third kappa shape index (κ3) is 2.22. The van der Waals surface area contributed by atoms with Gasteiger partial charge in [-0.1, -0.05) is 13.0 Å². The summed E-state index contributed by atoms with van der Waals surface area (Å²) in [6, 6.07) is 5.50. The number of thioether (sulfide) groups is 1. The van der Waals surface area contributed by atoms with Crippen LogP contribution in [-0.2, 0) is 4.79 Å². The Morgan fingerprint density at radius 3 is 2.76 bits per heavy atom. The summed E-state index contributed by atoms with van der Waals surface area (Å²) in [5, 5.41) is 2.86. The van der Waals surface area contributed by atoms with Crippen molar-refractivity contribution in [3.05, 3.63) is 23.8 Å². The molecule has 1 aromatic rings. The molecule has 0 saturated heterocycles. The highest BCUT2D eigenvalue weighted by Gasteiger charge is 2.34. The van der Waals surface area contributed by atoms with Gasteiger partial charge in [-0.25, -0.2) is 0 Å². The summed E-state index contributed by atoms with van der Waals surface area (Å²) in [7, 11) is 0. The van der Waals surface area contributed by atoms with E-state index in [-0.39, 0.29) is 11.7 Å². The maximum atomic E-state index is 11.8. The molecule has 0 aliphatic carbocycles. The predicted molar refractivity (Wildman–Crippen MR) is 69.6 cm³/mol. The number of ketones is 1. The predicted octanol–water partition coefficient (Wildman–Crippen LogP) is 3.10. The van der Waals surface area contributed by atoms with Crippen molar-refractivity contribution in [3.8, 4) is 0 Å². The largest absolute Gasteiger partial charge is 0.324 e. The fourth-order valence-electron chi connectivity index (χ4n) is 1.69. The van der Waals surface area contributed by atoms with Gasteiger partial charge in [0, 0.05) is 16.9 Å². The van der Waals surface area contributed by atoms with Crippen LogP contribution in [0.15, 0.2) is 23.1 Å². The highest BCUT2D eigenvalue weighted by Crippen LogP contribution is 2.42. The van der Waals surface area contributed by atoms with Crippen LogP contribution in [0.4, 0.5) is 5.69 Å². The van der Waals surface area contributed by atoms with E-state index in [0.29, 0.717) is 12.0 Å². The van der Waals surface area contributed by atoms with Crippen LogP contribution in [0.1, 0.15) is 37.6 Å². The number of anilines is 1. The topological polar surface area (TPSA) is 46.2 Å². The highest BCUT2D eigenvalue weighted by molar-refractivity contribution is 8.01. The van der Waals surface area contributed by atoms with Crippen molar-refractivity contribution in [1.29, 1.82) is 0 Å². The number of hydrogen-bond acceptors (Lipinski definition) is 3. The Morgan fingerprint density at radius 1 is 1.41 bits per heavy atom. The first kappa shape index (κ1) is 12.2. The Labute approximate surface area is 105 Å². The van der Waals surface area contributed by atoms with Crippen LogP contribution < -0.4 is 5.32 Å². The lowest BCUT2D eigenvalue weighted by molar-refractivity contribution is -0.117. The first-order chi connectivity index (χ1) is 7.94. The molecule has 1 heterocycles. The number of amides is 1. The minimum Gasteiger partial charge on any atom is -0.324 e. The Morgan fingerprint density at radius 2 is 2.12 bits per heavy atom. The molecular formula is C13H15NO2S. The lowest BCUT2D eigenvalue weighted by atomic mass is 10.1. The Bertz CT molecular complexity index is 494. The van der Waals surface area contributed by atoms with Crippen molar-refractivity contribution in [2.75, 3.05) is 5.32 Å². The van der Waals surface area contributed by atoms with Crippen LogP contribution in [0.2, 0.25) is 0 Å². The molecule has 1 aliphatic heterocycles. The number of Topliss-reactive ketones (excluding diaryl/α,β-unsaturated/α-hetero) is 1. The summed E-state index contributed by atoms with van der Waals surface area (Å²) in [5.74, 6) is 0.0768. The van der Waals surface area contributed by atoms with Crippen LogP contribution >= 0.6 is 11.8 Å². The summed E-state index contributed by atoms with van der Waals surface area (Å²) in [5.41, 5.74) is 1.41. The summed E-state index contributed by atoms with van der Waals surface area (Å²) in [6.45, 7) is 5.61. The fraction of sp³-hybridized carbons (Fsp3) is 0.385. The minimum atomic E-state index is -0.455. The van der Waals surface area contributed by atoms with Crippen LogP contribution in [0.3, 0.4) is 0 Å². The van der Waals surface area contributed by atoms with E-state index in [2.05, 4.69) is 5.32 Å². The number of hydrogen-bond donors (Lipinski definition) is 1. The minimum absolute atomic E-state index is 0.0175. The van der Waals surface area contributed by atoms with Gasteiger partial charge in [0.1, 0.15) is 0 Å². The van der Waals surface area contributed by atoms with Gasteiger partial charge in [-0.3, -0.25) is 9.59 Å². The Balaban J connectivity index is 2.39. The number of rotatable bonds is 2. The van der Waals surface area contributed by atoms with Crippen molar-refractivity contribution in [2.45, 2.75) is 36.8 Å². The van der Waals surface area contributed by atoms with Crippen molar-refractivity contribution in [3.63, 3.8) is 0 Å². The third-order valence-corrected chi connectivity index (χ3v) is 4.05. The van der Waals surface area contributed by atoms with E-state index in [1.807, 2.05) is 32.9 Å². The lowest BCUT2D eigenvalue weighted by Gasteiger charge is -2.29. The van der Waals surface area contributed by atoms with Gasteiger partial charge in [0.15, 0.2) is 5.78 Å².